The number of amides is 2. The van der Waals surface area contributed by atoms with Crippen molar-refractivity contribution in [3.63, 3.8) is 0 Å². The van der Waals surface area contributed by atoms with E-state index in [1.807, 2.05) is 13.0 Å². The maximum atomic E-state index is 14.6. The number of alkyl carbamates (subject to hydrolysis) is 1. The molecule has 198 valence electrons. The number of aryl methyl sites for hydroxylation is 1. The second-order valence-electron chi connectivity index (χ2n) is 10.3. The van der Waals surface area contributed by atoms with Crippen LogP contribution in [0.2, 0.25) is 0 Å². The molecular formula is C31H34FN3O3. The number of aromatic nitrogens is 1. The van der Waals surface area contributed by atoms with Gasteiger partial charge in [-0.15, -0.1) is 0 Å². The summed E-state index contributed by atoms with van der Waals surface area (Å²) in [6, 6.07) is 16.8. The van der Waals surface area contributed by atoms with Gasteiger partial charge in [-0.2, -0.15) is 0 Å². The fraction of sp³-hybridized carbons (Fsp3) is 0.323. The number of halogens is 1. The molecule has 1 aromatic carbocycles. The summed E-state index contributed by atoms with van der Waals surface area (Å²) in [7, 11) is 0. The summed E-state index contributed by atoms with van der Waals surface area (Å²) in [6.07, 6.45) is 4.31. The van der Waals surface area contributed by atoms with Crippen molar-refractivity contribution in [2.24, 2.45) is 0 Å². The van der Waals surface area contributed by atoms with Crippen LogP contribution >= 0.6 is 0 Å². The van der Waals surface area contributed by atoms with Gasteiger partial charge in [0.2, 0.25) is 0 Å². The molecular weight excluding hydrogens is 481 g/mol. The highest BCUT2D eigenvalue weighted by molar-refractivity contribution is 5.95. The number of hydrogen-bond acceptors (Lipinski definition) is 4. The van der Waals surface area contributed by atoms with Gasteiger partial charge in [-0.25, -0.2) is 9.18 Å². The molecule has 0 bridgehead atoms. The largest absolute Gasteiger partial charge is 0.444 e. The molecule has 0 atom stereocenters. The Labute approximate surface area is 223 Å². The Balaban J connectivity index is 0.000000483. The summed E-state index contributed by atoms with van der Waals surface area (Å²) in [4.78, 5) is 30.9. The van der Waals surface area contributed by atoms with Crippen LogP contribution < -0.4 is 5.32 Å². The molecule has 0 unspecified atom stereocenters. The number of fused-ring (bicyclic) bond motifs is 1. The molecule has 2 aromatic rings. The quantitative estimate of drug-likeness (QED) is 0.334. The van der Waals surface area contributed by atoms with Crippen LogP contribution in [0, 0.1) is 5.82 Å². The van der Waals surface area contributed by atoms with E-state index in [0.29, 0.717) is 37.1 Å². The topological polar surface area (TPSA) is 71.5 Å². The lowest BCUT2D eigenvalue weighted by Crippen LogP contribution is -2.35. The molecule has 1 N–H and O–H groups in total. The molecule has 2 amide bonds. The van der Waals surface area contributed by atoms with E-state index in [0.717, 1.165) is 16.8 Å². The zero-order chi connectivity index (χ0) is 27.3. The zero-order valence-electron chi connectivity index (χ0n) is 22.4. The Kier molecular flexibility index (Phi) is 8.25. The molecule has 38 heavy (non-hydrogen) atoms. The van der Waals surface area contributed by atoms with E-state index in [2.05, 4.69) is 34.6 Å². The van der Waals surface area contributed by atoms with Gasteiger partial charge in [0.25, 0.3) is 5.91 Å². The van der Waals surface area contributed by atoms with E-state index < -0.39 is 11.7 Å². The first kappa shape index (κ1) is 27.0. The van der Waals surface area contributed by atoms with Crippen molar-refractivity contribution in [3.05, 3.63) is 95.1 Å². The highest BCUT2D eigenvalue weighted by Crippen LogP contribution is 2.32. The van der Waals surface area contributed by atoms with Gasteiger partial charge in [0.1, 0.15) is 11.4 Å². The maximum Gasteiger partial charge on any atom is 0.407 e. The average Bonchev–Trinajstić information content (AvgIpc) is 3.51. The number of rotatable bonds is 5. The molecule has 0 fully saturated rings. The van der Waals surface area contributed by atoms with Gasteiger partial charge in [0.05, 0.1) is 11.3 Å². The van der Waals surface area contributed by atoms with Crippen molar-refractivity contribution in [1.82, 2.24) is 15.2 Å². The van der Waals surface area contributed by atoms with Crippen molar-refractivity contribution >= 4 is 17.6 Å². The molecule has 0 radical (unpaired) electrons. The smallest absolute Gasteiger partial charge is 0.407 e. The minimum Gasteiger partial charge on any atom is -0.444 e. The van der Waals surface area contributed by atoms with Crippen molar-refractivity contribution < 1.29 is 18.7 Å². The Morgan fingerprint density at radius 1 is 1.08 bits per heavy atom. The van der Waals surface area contributed by atoms with Crippen molar-refractivity contribution in [3.8, 4) is 11.1 Å². The summed E-state index contributed by atoms with van der Waals surface area (Å²) < 4.78 is 19.8. The van der Waals surface area contributed by atoms with Gasteiger partial charge in [-0.1, -0.05) is 37.3 Å². The average molecular weight is 516 g/mol. The number of carbonyl (C=O) groups excluding carboxylic acids is 2. The van der Waals surface area contributed by atoms with Crippen molar-refractivity contribution in [2.75, 3.05) is 13.1 Å². The maximum absolute atomic E-state index is 14.6. The molecule has 1 aliphatic heterocycles. The number of benzene rings is 2. The van der Waals surface area contributed by atoms with Crippen LogP contribution in [0.1, 0.15) is 61.3 Å². The number of carbonyl (C=O) groups is 2. The number of nitrogens with zero attached hydrogens (tertiary/aromatic N) is 2. The van der Waals surface area contributed by atoms with E-state index in [-0.39, 0.29) is 18.3 Å². The Bertz CT molecular complexity index is 1340. The number of hydrogen-bond donors (Lipinski definition) is 1. The molecule has 1 aromatic heterocycles. The van der Waals surface area contributed by atoms with E-state index in [9.17, 15) is 14.0 Å². The minimum absolute atomic E-state index is 0.0546. The number of ether oxygens (including phenoxy) is 1. The second-order valence-corrected chi connectivity index (χ2v) is 10.3. The molecule has 2 aliphatic carbocycles. The minimum atomic E-state index is -0.581. The van der Waals surface area contributed by atoms with Crippen LogP contribution in [0.3, 0.4) is 0 Å². The summed E-state index contributed by atoms with van der Waals surface area (Å²) >= 11 is 0. The molecule has 3 aliphatic rings. The van der Waals surface area contributed by atoms with Gasteiger partial charge < -0.3 is 15.0 Å². The van der Waals surface area contributed by atoms with Crippen molar-refractivity contribution in [1.29, 1.82) is 0 Å². The normalized spacial score (nSPS) is 13.6. The summed E-state index contributed by atoms with van der Waals surface area (Å²) in [5, 5.41) is 2.69. The molecule has 2 heterocycles. The van der Waals surface area contributed by atoms with Crippen LogP contribution in [-0.4, -0.2) is 40.6 Å². The van der Waals surface area contributed by atoms with E-state index >= 15 is 0 Å². The monoisotopic (exact) mass is 515 g/mol. The third kappa shape index (κ3) is 7.06. The number of pyridine rings is 1. The predicted molar refractivity (Wildman–Crippen MR) is 147 cm³/mol. The SMILES string of the molecule is CCc1ncccc1C(=O)N1CC=C(c2cc(CNC(=O)OC(C)(C)C)ccc2F)CC1.c1cc2cc-2c1. The summed E-state index contributed by atoms with van der Waals surface area (Å²) in [5.41, 5.74) is 5.79. The molecule has 6 nitrogen and oxygen atoms in total. The lowest BCUT2D eigenvalue weighted by atomic mass is 9.96. The van der Waals surface area contributed by atoms with Crippen LogP contribution in [-0.2, 0) is 17.7 Å². The second kappa shape index (κ2) is 11.6. The Hall–Kier alpha value is -4.00. The lowest BCUT2D eigenvalue weighted by molar-refractivity contribution is 0.0523. The zero-order valence-corrected chi connectivity index (χ0v) is 22.4. The van der Waals surface area contributed by atoms with E-state index in [1.165, 1.54) is 17.2 Å². The van der Waals surface area contributed by atoms with Crippen LogP contribution in [0.25, 0.3) is 16.7 Å². The van der Waals surface area contributed by atoms with Gasteiger partial charge in [-0.05, 0) is 86.2 Å². The van der Waals surface area contributed by atoms with Crippen LogP contribution in [0.5, 0.6) is 0 Å². The van der Waals surface area contributed by atoms with Gasteiger partial charge in [0, 0.05) is 31.4 Å². The molecule has 0 saturated heterocycles. The lowest BCUT2D eigenvalue weighted by Gasteiger charge is -2.27. The standard InChI is InChI=1S/C25H30FN3O3.C6H4/c1-5-22-19(7-6-12-27-22)23(30)29-13-10-18(11-14-29)20-15-17(8-9-21(20)26)16-28-24(31)32-25(2,3)4;1-2-5-4-6(5)3-1/h6-10,12,15H,5,11,13-14,16H2,1-4H3,(H,28,31);1-4H. The van der Waals surface area contributed by atoms with Gasteiger partial charge in [0.15, 0.2) is 0 Å². The molecule has 7 heteroatoms. The van der Waals surface area contributed by atoms with E-state index in [4.69, 9.17) is 4.74 Å². The molecule has 0 spiro atoms. The molecule has 5 rings (SSSR count). The summed E-state index contributed by atoms with van der Waals surface area (Å²) in [6.45, 7) is 8.51. The van der Waals surface area contributed by atoms with Crippen molar-refractivity contribution in [2.45, 2.75) is 52.7 Å². The predicted octanol–water partition coefficient (Wildman–Crippen LogP) is 6.40. The van der Waals surface area contributed by atoms with Gasteiger partial charge in [-0.3, -0.25) is 9.78 Å². The molecule has 0 saturated carbocycles. The Morgan fingerprint density at radius 2 is 1.84 bits per heavy atom. The fourth-order valence-corrected chi connectivity index (χ4v) is 4.28. The fourth-order valence-electron chi connectivity index (χ4n) is 4.28. The first-order chi connectivity index (χ1) is 18.1. The first-order valence-electron chi connectivity index (χ1n) is 12.9. The highest BCUT2D eigenvalue weighted by Gasteiger charge is 2.23. The number of nitrogens with one attached hydrogen (secondary N) is 1. The summed E-state index contributed by atoms with van der Waals surface area (Å²) in [5.74, 6) is -0.376. The van der Waals surface area contributed by atoms with E-state index in [1.54, 1.807) is 56.1 Å². The first-order valence-corrected chi connectivity index (χ1v) is 12.9. The Morgan fingerprint density at radius 3 is 2.42 bits per heavy atom. The van der Waals surface area contributed by atoms with Gasteiger partial charge >= 0.3 is 6.09 Å². The third-order valence-corrected chi connectivity index (χ3v) is 6.28. The third-order valence-electron chi connectivity index (χ3n) is 6.28. The highest BCUT2D eigenvalue weighted by atomic mass is 19.1. The van der Waals surface area contributed by atoms with Crippen LogP contribution in [0.4, 0.5) is 9.18 Å². The van der Waals surface area contributed by atoms with Crippen LogP contribution in [0.15, 0.2) is 66.9 Å².